The van der Waals surface area contributed by atoms with Crippen LogP contribution in [0.5, 0.6) is 0 Å². The number of alkyl halides is 3. The van der Waals surface area contributed by atoms with Gasteiger partial charge in [-0.3, -0.25) is 0 Å². The third-order valence-electron chi connectivity index (χ3n) is 3.36. The molecule has 0 spiro atoms. The summed E-state index contributed by atoms with van der Waals surface area (Å²) in [6.07, 6.45) is 0.396. The zero-order chi connectivity index (χ0) is 14.8. The summed E-state index contributed by atoms with van der Waals surface area (Å²) < 4.78 is 38.0. The first kappa shape index (κ1) is 14.6. The van der Waals surface area contributed by atoms with Gasteiger partial charge in [0.15, 0.2) is 5.69 Å². The van der Waals surface area contributed by atoms with Gasteiger partial charge >= 0.3 is 12.1 Å². The number of hydrogen-bond acceptors (Lipinski definition) is 3. The van der Waals surface area contributed by atoms with Crippen molar-refractivity contribution in [1.82, 2.24) is 4.98 Å². The lowest BCUT2D eigenvalue weighted by Crippen LogP contribution is -2.24. The highest BCUT2D eigenvalue weighted by atomic mass is 19.4. The molecule has 1 aliphatic rings. The molecule has 0 bridgehead atoms. The van der Waals surface area contributed by atoms with Crippen molar-refractivity contribution in [2.45, 2.75) is 44.3 Å². The van der Waals surface area contributed by atoms with Crippen molar-refractivity contribution in [3.8, 4) is 0 Å². The Labute approximate surface area is 114 Å². The summed E-state index contributed by atoms with van der Waals surface area (Å²) in [6, 6.07) is 2.10. The van der Waals surface area contributed by atoms with Crippen molar-refractivity contribution in [3.63, 3.8) is 0 Å². The Morgan fingerprint density at radius 2 is 1.90 bits per heavy atom. The van der Waals surface area contributed by atoms with Crippen molar-refractivity contribution in [1.29, 1.82) is 0 Å². The number of halogens is 3. The van der Waals surface area contributed by atoms with E-state index in [4.69, 9.17) is 5.11 Å². The van der Waals surface area contributed by atoms with E-state index in [9.17, 15) is 18.0 Å². The van der Waals surface area contributed by atoms with E-state index in [0.717, 1.165) is 38.2 Å². The molecule has 1 aromatic heterocycles. The minimum Gasteiger partial charge on any atom is -0.476 e. The Bertz CT molecular complexity index is 497. The van der Waals surface area contributed by atoms with E-state index in [1.807, 2.05) is 0 Å². The summed E-state index contributed by atoms with van der Waals surface area (Å²) in [5.41, 5.74) is -2.18. The van der Waals surface area contributed by atoms with Crippen molar-refractivity contribution in [2.24, 2.45) is 0 Å². The normalized spacial score (nSPS) is 16.9. The van der Waals surface area contributed by atoms with Crippen LogP contribution < -0.4 is 5.32 Å². The number of hydrogen-bond donors (Lipinski definition) is 2. The third kappa shape index (κ3) is 3.40. The van der Waals surface area contributed by atoms with Gasteiger partial charge in [0.1, 0.15) is 5.82 Å². The standard InChI is InChI=1S/C13H15F3N2O2/c14-13(15,16)9-6-7-10(18-11(9)12(19)20)17-8-4-2-1-3-5-8/h6-8H,1-5H2,(H,17,18)(H,19,20). The second kappa shape index (κ2) is 5.68. The lowest BCUT2D eigenvalue weighted by Gasteiger charge is -2.23. The molecule has 0 saturated heterocycles. The molecule has 1 fully saturated rings. The van der Waals surface area contributed by atoms with Crippen LogP contribution >= 0.6 is 0 Å². The van der Waals surface area contributed by atoms with Crippen LogP contribution in [0.4, 0.5) is 19.0 Å². The Morgan fingerprint density at radius 1 is 1.25 bits per heavy atom. The highest BCUT2D eigenvalue weighted by Gasteiger charge is 2.36. The summed E-state index contributed by atoms with van der Waals surface area (Å²) in [5.74, 6) is -1.49. The summed E-state index contributed by atoms with van der Waals surface area (Å²) in [5, 5.41) is 11.9. The Kier molecular flexibility index (Phi) is 4.15. The molecule has 7 heteroatoms. The number of pyridine rings is 1. The van der Waals surface area contributed by atoms with Crippen LogP contribution in [0.15, 0.2) is 12.1 Å². The first-order valence-electron chi connectivity index (χ1n) is 6.46. The molecule has 0 aromatic carbocycles. The summed E-state index contributed by atoms with van der Waals surface area (Å²) in [7, 11) is 0. The van der Waals surface area contributed by atoms with Gasteiger partial charge in [0.05, 0.1) is 5.56 Å². The van der Waals surface area contributed by atoms with Crippen molar-refractivity contribution >= 4 is 11.8 Å². The fourth-order valence-corrected chi connectivity index (χ4v) is 2.39. The van der Waals surface area contributed by atoms with Gasteiger partial charge < -0.3 is 10.4 Å². The van der Waals surface area contributed by atoms with E-state index < -0.39 is 23.4 Å². The van der Waals surface area contributed by atoms with Crippen molar-refractivity contribution in [3.05, 3.63) is 23.4 Å². The molecule has 1 aliphatic carbocycles. The number of carboxylic acids is 1. The molecule has 0 unspecified atom stereocenters. The second-order valence-electron chi connectivity index (χ2n) is 4.87. The van der Waals surface area contributed by atoms with Crippen molar-refractivity contribution in [2.75, 3.05) is 5.32 Å². The second-order valence-corrected chi connectivity index (χ2v) is 4.87. The van der Waals surface area contributed by atoms with E-state index in [2.05, 4.69) is 10.3 Å². The van der Waals surface area contributed by atoms with E-state index in [0.29, 0.717) is 0 Å². The Morgan fingerprint density at radius 3 is 2.45 bits per heavy atom. The van der Waals surface area contributed by atoms with Crippen LogP contribution in [0.1, 0.15) is 48.2 Å². The molecule has 0 amide bonds. The van der Waals surface area contributed by atoms with Gasteiger partial charge in [-0.25, -0.2) is 9.78 Å². The molecule has 1 aromatic rings. The lowest BCUT2D eigenvalue weighted by molar-refractivity contribution is -0.138. The van der Waals surface area contributed by atoms with Crippen LogP contribution in [-0.4, -0.2) is 22.1 Å². The lowest BCUT2D eigenvalue weighted by atomic mass is 9.95. The minimum atomic E-state index is -4.72. The van der Waals surface area contributed by atoms with Crippen LogP contribution in [-0.2, 0) is 6.18 Å². The molecule has 110 valence electrons. The molecular formula is C13H15F3N2O2. The number of carbonyl (C=O) groups is 1. The number of rotatable bonds is 3. The van der Waals surface area contributed by atoms with Gasteiger partial charge in [-0.05, 0) is 25.0 Å². The zero-order valence-corrected chi connectivity index (χ0v) is 10.7. The van der Waals surface area contributed by atoms with Crippen LogP contribution in [0.25, 0.3) is 0 Å². The topological polar surface area (TPSA) is 62.2 Å². The molecule has 1 saturated carbocycles. The summed E-state index contributed by atoms with van der Waals surface area (Å²) in [6.45, 7) is 0. The maximum absolute atomic E-state index is 12.7. The van der Waals surface area contributed by atoms with Gasteiger partial charge in [0, 0.05) is 6.04 Å². The number of aromatic carboxylic acids is 1. The maximum Gasteiger partial charge on any atom is 0.418 e. The molecule has 0 atom stereocenters. The van der Waals surface area contributed by atoms with Crippen molar-refractivity contribution < 1.29 is 23.1 Å². The molecule has 1 heterocycles. The van der Waals surface area contributed by atoms with Crippen LogP contribution in [0, 0.1) is 0 Å². The maximum atomic E-state index is 12.7. The van der Waals surface area contributed by atoms with Gasteiger partial charge in [0.25, 0.3) is 0 Å². The molecule has 2 rings (SSSR count). The summed E-state index contributed by atoms with van der Waals surface area (Å²) in [4.78, 5) is 14.5. The first-order valence-corrected chi connectivity index (χ1v) is 6.46. The zero-order valence-electron chi connectivity index (χ0n) is 10.7. The quantitative estimate of drug-likeness (QED) is 0.893. The van der Waals surface area contributed by atoms with Crippen LogP contribution in [0.3, 0.4) is 0 Å². The SMILES string of the molecule is O=C(O)c1nc(NC2CCCCC2)ccc1C(F)(F)F. The molecular weight excluding hydrogens is 273 g/mol. The molecule has 20 heavy (non-hydrogen) atoms. The number of carboxylic acid groups (broad SMARTS) is 1. The summed E-state index contributed by atoms with van der Waals surface area (Å²) >= 11 is 0. The number of nitrogens with zero attached hydrogens (tertiary/aromatic N) is 1. The molecule has 0 radical (unpaired) electrons. The minimum absolute atomic E-state index is 0.148. The predicted molar refractivity (Wildman–Crippen MR) is 66.7 cm³/mol. The predicted octanol–water partition coefficient (Wildman–Crippen LogP) is 3.54. The molecule has 4 nitrogen and oxygen atoms in total. The van der Waals surface area contributed by atoms with Gasteiger partial charge in [0.2, 0.25) is 0 Å². The fourth-order valence-electron chi connectivity index (χ4n) is 2.39. The fraction of sp³-hybridized carbons (Fsp3) is 0.538. The third-order valence-corrected chi connectivity index (χ3v) is 3.36. The van der Waals surface area contributed by atoms with E-state index in [1.54, 1.807) is 0 Å². The molecule has 0 aliphatic heterocycles. The number of aromatic nitrogens is 1. The number of anilines is 1. The Hall–Kier alpha value is -1.79. The van der Waals surface area contributed by atoms with Gasteiger partial charge in [-0.15, -0.1) is 0 Å². The smallest absolute Gasteiger partial charge is 0.418 e. The van der Waals surface area contributed by atoms with Gasteiger partial charge in [-0.2, -0.15) is 13.2 Å². The largest absolute Gasteiger partial charge is 0.476 e. The van der Waals surface area contributed by atoms with E-state index in [-0.39, 0.29) is 11.9 Å². The average molecular weight is 288 g/mol. The number of nitrogens with one attached hydrogen (secondary N) is 1. The average Bonchev–Trinajstić information content (AvgIpc) is 2.38. The monoisotopic (exact) mass is 288 g/mol. The van der Waals surface area contributed by atoms with E-state index >= 15 is 0 Å². The first-order chi connectivity index (χ1) is 9.38. The Balaban J connectivity index is 2.23. The van der Waals surface area contributed by atoms with Crippen LogP contribution in [0.2, 0.25) is 0 Å². The highest BCUT2D eigenvalue weighted by molar-refractivity contribution is 5.87. The highest BCUT2D eigenvalue weighted by Crippen LogP contribution is 2.32. The van der Waals surface area contributed by atoms with E-state index in [1.165, 1.54) is 6.07 Å². The van der Waals surface area contributed by atoms with Gasteiger partial charge in [-0.1, -0.05) is 19.3 Å². The molecule has 2 N–H and O–H groups in total.